The van der Waals surface area contributed by atoms with Crippen LogP contribution in [0.25, 0.3) is 0 Å². The molecule has 0 aliphatic carbocycles. The lowest BCUT2D eigenvalue weighted by atomic mass is 10.0. The quantitative estimate of drug-likeness (QED) is 0.862. The average molecular weight is 279 g/mol. The summed E-state index contributed by atoms with van der Waals surface area (Å²) in [4.78, 5) is 6.39. The van der Waals surface area contributed by atoms with E-state index in [2.05, 4.69) is 34.1 Å². The zero-order chi connectivity index (χ0) is 14.5. The summed E-state index contributed by atoms with van der Waals surface area (Å²) in [5.41, 5.74) is 3.30. The number of nitriles is 1. The number of pyridine rings is 1. The van der Waals surface area contributed by atoms with E-state index in [0.29, 0.717) is 18.1 Å². The molecule has 3 rings (SSSR count). The Morgan fingerprint density at radius 3 is 2.81 bits per heavy atom. The van der Waals surface area contributed by atoms with E-state index >= 15 is 0 Å². The number of benzene rings is 1. The van der Waals surface area contributed by atoms with Crippen molar-refractivity contribution in [3.05, 3.63) is 59.4 Å². The molecule has 0 bridgehead atoms. The Hall–Kier alpha value is -2.38. The minimum absolute atomic E-state index is 0.412. The van der Waals surface area contributed by atoms with Gasteiger partial charge in [-0.3, -0.25) is 4.90 Å². The van der Waals surface area contributed by atoms with Crippen molar-refractivity contribution in [3.8, 4) is 11.8 Å². The minimum atomic E-state index is 0.412. The third kappa shape index (κ3) is 3.39. The van der Waals surface area contributed by atoms with Gasteiger partial charge in [-0.25, -0.2) is 4.98 Å². The Bertz CT molecular complexity index is 646. The first kappa shape index (κ1) is 13.6. The third-order valence-corrected chi connectivity index (χ3v) is 3.74. The van der Waals surface area contributed by atoms with Crippen LogP contribution in [-0.4, -0.2) is 29.6 Å². The molecule has 0 saturated carbocycles. The molecule has 4 nitrogen and oxygen atoms in total. The van der Waals surface area contributed by atoms with Crippen molar-refractivity contribution in [1.29, 1.82) is 5.26 Å². The van der Waals surface area contributed by atoms with E-state index in [1.54, 1.807) is 18.3 Å². The van der Waals surface area contributed by atoms with Crippen LogP contribution < -0.4 is 4.74 Å². The van der Waals surface area contributed by atoms with Crippen molar-refractivity contribution >= 4 is 0 Å². The summed E-state index contributed by atoms with van der Waals surface area (Å²) in [6, 6.07) is 14.1. The number of ether oxygens (including phenoxy) is 1. The van der Waals surface area contributed by atoms with Crippen molar-refractivity contribution in [2.75, 3.05) is 19.7 Å². The van der Waals surface area contributed by atoms with Crippen LogP contribution in [0.3, 0.4) is 0 Å². The molecule has 0 N–H and O–H groups in total. The van der Waals surface area contributed by atoms with E-state index < -0.39 is 0 Å². The maximum Gasteiger partial charge on any atom is 0.140 e. The number of fused-ring (bicyclic) bond motifs is 1. The zero-order valence-electron chi connectivity index (χ0n) is 11.8. The van der Waals surface area contributed by atoms with Crippen molar-refractivity contribution < 1.29 is 4.74 Å². The highest BCUT2D eigenvalue weighted by Crippen LogP contribution is 2.18. The summed E-state index contributed by atoms with van der Waals surface area (Å²) in [6.07, 6.45) is 2.71. The molecule has 1 aliphatic rings. The maximum atomic E-state index is 8.69. The lowest BCUT2D eigenvalue weighted by Crippen LogP contribution is -2.33. The first-order valence-corrected chi connectivity index (χ1v) is 7.13. The molecule has 0 amide bonds. The van der Waals surface area contributed by atoms with Gasteiger partial charge in [0, 0.05) is 19.6 Å². The summed E-state index contributed by atoms with van der Waals surface area (Å²) >= 11 is 0. The highest BCUT2D eigenvalue weighted by atomic mass is 16.5. The van der Waals surface area contributed by atoms with Crippen LogP contribution >= 0.6 is 0 Å². The molecule has 2 aromatic rings. The Balaban J connectivity index is 1.49. The van der Waals surface area contributed by atoms with Crippen LogP contribution in [-0.2, 0) is 13.0 Å². The van der Waals surface area contributed by atoms with Crippen molar-refractivity contribution in [2.45, 2.75) is 13.0 Å². The first-order chi connectivity index (χ1) is 10.3. The fourth-order valence-electron chi connectivity index (χ4n) is 2.57. The monoisotopic (exact) mass is 279 g/mol. The molecule has 0 atom stereocenters. The second-order valence-corrected chi connectivity index (χ2v) is 5.13. The first-order valence-electron chi connectivity index (χ1n) is 7.13. The van der Waals surface area contributed by atoms with Gasteiger partial charge >= 0.3 is 0 Å². The van der Waals surface area contributed by atoms with Crippen LogP contribution in [0, 0.1) is 11.3 Å². The molecule has 0 unspecified atom stereocenters. The van der Waals surface area contributed by atoms with E-state index in [1.165, 1.54) is 11.1 Å². The second-order valence-electron chi connectivity index (χ2n) is 5.13. The van der Waals surface area contributed by atoms with Crippen molar-refractivity contribution in [3.63, 3.8) is 0 Å². The fraction of sp³-hybridized carbons (Fsp3) is 0.294. The fourth-order valence-corrected chi connectivity index (χ4v) is 2.57. The van der Waals surface area contributed by atoms with Crippen molar-refractivity contribution in [1.82, 2.24) is 9.88 Å². The number of rotatable bonds is 4. The summed E-state index contributed by atoms with van der Waals surface area (Å²) in [6.45, 7) is 3.60. The molecule has 21 heavy (non-hydrogen) atoms. The predicted octanol–water partition coefficient (Wildman–Crippen LogP) is 2.39. The predicted molar refractivity (Wildman–Crippen MR) is 79.9 cm³/mol. The largest absolute Gasteiger partial charge is 0.491 e. The molecule has 1 aliphatic heterocycles. The van der Waals surface area contributed by atoms with Gasteiger partial charge in [-0.2, -0.15) is 5.26 Å². The van der Waals surface area contributed by atoms with Gasteiger partial charge < -0.3 is 4.74 Å². The molecule has 0 radical (unpaired) electrons. The minimum Gasteiger partial charge on any atom is -0.491 e. The molecule has 0 saturated heterocycles. The standard InChI is InChI=1S/C17H17N3O/c18-11-16-5-6-17(12-19-16)21-10-9-20-8-7-14-3-1-2-4-15(14)13-20/h1-6,12H,7-10,13H2. The Morgan fingerprint density at radius 1 is 1.19 bits per heavy atom. The van der Waals surface area contributed by atoms with Crippen LogP contribution in [0.2, 0.25) is 0 Å². The number of aromatic nitrogens is 1. The number of hydrogen-bond acceptors (Lipinski definition) is 4. The molecule has 4 heteroatoms. The molecular formula is C17H17N3O. The van der Waals surface area contributed by atoms with Gasteiger partial charge in [-0.15, -0.1) is 0 Å². The average Bonchev–Trinajstić information content (AvgIpc) is 2.55. The van der Waals surface area contributed by atoms with E-state index in [1.807, 2.05) is 6.07 Å². The van der Waals surface area contributed by atoms with Gasteiger partial charge in [0.25, 0.3) is 0 Å². The van der Waals surface area contributed by atoms with Gasteiger partial charge in [0.1, 0.15) is 24.1 Å². The summed E-state index contributed by atoms with van der Waals surface area (Å²) in [5, 5.41) is 8.69. The van der Waals surface area contributed by atoms with E-state index in [0.717, 1.165) is 26.1 Å². The lowest BCUT2D eigenvalue weighted by molar-refractivity contribution is 0.196. The molecule has 1 aromatic heterocycles. The van der Waals surface area contributed by atoms with Gasteiger partial charge in [-0.05, 0) is 29.7 Å². The van der Waals surface area contributed by atoms with Gasteiger partial charge in [0.15, 0.2) is 0 Å². The molecule has 2 heterocycles. The molecule has 0 fully saturated rings. The smallest absolute Gasteiger partial charge is 0.140 e. The Morgan fingerprint density at radius 2 is 2.05 bits per heavy atom. The van der Waals surface area contributed by atoms with Crippen LogP contribution in [0.1, 0.15) is 16.8 Å². The maximum absolute atomic E-state index is 8.69. The van der Waals surface area contributed by atoms with Gasteiger partial charge in [-0.1, -0.05) is 24.3 Å². The van der Waals surface area contributed by atoms with Crippen molar-refractivity contribution in [2.24, 2.45) is 0 Å². The Labute approximate surface area is 124 Å². The molecule has 0 spiro atoms. The normalized spacial score (nSPS) is 14.2. The molecule has 106 valence electrons. The molecule has 1 aromatic carbocycles. The number of hydrogen-bond donors (Lipinski definition) is 0. The van der Waals surface area contributed by atoms with E-state index in [4.69, 9.17) is 10.00 Å². The zero-order valence-corrected chi connectivity index (χ0v) is 11.8. The van der Waals surface area contributed by atoms with Crippen LogP contribution in [0.15, 0.2) is 42.6 Å². The second kappa shape index (κ2) is 6.38. The van der Waals surface area contributed by atoms with Crippen LogP contribution in [0.5, 0.6) is 5.75 Å². The summed E-state index contributed by atoms with van der Waals surface area (Å²) in [7, 11) is 0. The summed E-state index contributed by atoms with van der Waals surface area (Å²) < 4.78 is 5.68. The molecular weight excluding hydrogens is 262 g/mol. The van der Waals surface area contributed by atoms with E-state index in [9.17, 15) is 0 Å². The topological polar surface area (TPSA) is 49.1 Å². The highest BCUT2D eigenvalue weighted by molar-refractivity contribution is 5.29. The summed E-state index contributed by atoms with van der Waals surface area (Å²) in [5.74, 6) is 0.714. The number of nitrogens with zero attached hydrogens (tertiary/aromatic N) is 3. The SMILES string of the molecule is N#Cc1ccc(OCCN2CCc3ccccc3C2)cn1. The Kier molecular flexibility index (Phi) is 4.13. The lowest BCUT2D eigenvalue weighted by Gasteiger charge is -2.28. The van der Waals surface area contributed by atoms with Gasteiger partial charge in [0.05, 0.1) is 6.20 Å². The van der Waals surface area contributed by atoms with Gasteiger partial charge in [0.2, 0.25) is 0 Å². The van der Waals surface area contributed by atoms with E-state index in [-0.39, 0.29) is 0 Å². The van der Waals surface area contributed by atoms with Crippen LogP contribution in [0.4, 0.5) is 0 Å². The highest BCUT2D eigenvalue weighted by Gasteiger charge is 2.15. The third-order valence-electron chi connectivity index (χ3n) is 3.74.